The normalized spacial score (nSPS) is 17.0. The number of carbonyl (C=O) groups excluding carboxylic acids is 1. The molecule has 1 aliphatic rings. The van der Waals surface area contributed by atoms with E-state index in [9.17, 15) is 4.79 Å². The predicted octanol–water partition coefficient (Wildman–Crippen LogP) is 3.96. The van der Waals surface area contributed by atoms with Crippen molar-refractivity contribution < 1.29 is 14.3 Å². The van der Waals surface area contributed by atoms with Crippen LogP contribution in [0.3, 0.4) is 0 Å². The Balaban J connectivity index is 1.97. The topological polar surface area (TPSA) is 35.5 Å². The van der Waals surface area contributed by atoms with Crippen molar-refractivity contribution in [3.05, 3.63) is 59.2 Å². The molecule has 1 atom stereocenters. The van der Waals surface area contributed by atoms with Gasteiger partial charge in [-0.05, 0) is 35.7 Å². The molecule has 3 heteroatoms. The van der Waals surface area contributed by atoms with E-state index in [2.05, 4.69) is 13.0 Å². The number of ether oxygens (including phenoxy) is 2. The van der Waals surface area contributed by atoms with Crippen LogP contribution in [0.1, 0.15) is 40.9 Å². The first kappa shape index (κ1) is 13.7. The highest BCUT2D eigenvalue weighted by Crippen LogP contribution is 2.37. The highest BCUT2D eigenvalue weighted by molar-refractivity contribution is 6.00. The summed E-state index contributed by atoms with van der Waals surface area (Å²) in [5, 5.41) is 0. The standard InChI is InChI=1S/C18H18O3/c1-3-12-6-4-5-7-14(12)18-11-16(19)15-10-13(20-2)8-9-17(15)21-18/h4-10,18H,3,11H2,1-2H3. The number of Topliss-reactive ketones (excluding diaryl/α,β-unsaturated/α-hetero) is 1. The Kier molecular flexibility index (Phi) is 3.65. The third-order valence-electron chi connectivity index (χ3n) is 3.91. The summed E-state index contributed by atoms with van der Waals surface area (Å²) in [5.41, 5.74) is 2.95. The van der Waals surface area contributed by atoms with Gasteiger partial charge in [0.15, 0.2) is 5.78 Å². The van der Waals surface area contributed by atoms with Crippen molar-refractivity contribution in [1.29, 1.82) is 0 Å². The highest BCUT2D eigenvalue weighted by Gasteiger charge is 2.29. The summed E-state index contributed by atoms with van der Waals surface area (Å²) in [6, 6.07) is 13.5. The van der Waals surface area contributed by atoms with Crippen LogP contribution in [0, 0.1) is 0 Å². The van der Waals surface area contributed by atoms with Gasteiger partial charge in [-0.1, -0.05) is 31.2 Å². The lowest BCUT2D eigenvalue weighted by molar-refractivity contribution is 0.0848. The first-order chi connectivity index (χ1) is 10.2. The minimum Gasteiger partial charge on any atom is -0.497 e. The van der Waals surface area contributed by atoms with Crippen molar-refractivity contribution in [2.45, 2.75) is 25.9 Å². The lowest BCUT2D eigenvalue weighted by Gasteiger charge is -2.27. The van der Waals surface area contributed by atoms with E-state index < -0.39 is 0 Å². The number of methoxy groups -OCH3 is 1. The Morgan fingerprint density at radius 3 is 2.81 bits per heavy atom. The minimum absolute atomic E-state index is 0.103. The van der Waals surface area contributed by atoms with E-state index in [1.807, 2.05) is 30.3 Å². The molecule has 3 rings (SSSR count). The summed E-state index contributed by atoms with van der Waals surface area (Å²) in [6.45, 7) is 2.11. The van der Waals surface area contributed by atoms with E-state index in [0.717, 1.165) is 12.0 Å². The van der Waals surface area contributed by atoms with Crippen LogP contribution in [-0.2, 0) is 6.42 Å². The summed E-state index contributed by atoms with van der Waals surface area (Å²) in [7, 11) is 1.59. The third-order valence-corrected chi connectivity index (χ3v) is 3.91. The predicted molar refractivity (Wildman–Crippen MR) is 81.1 cm³/mol. The molecule has 0 radical (unpaired) electrons. The summed E-state index contributed by atoms with van der Waals surface area (Å²) in [6.07, 6.45) is 1.10. The van der Waals surface area contributed by atoms with Gasteiger partial charge < -0.3 is 9.47 Å². The molecular weight excluding hydrogens is 264 g/mol. The van der Waals surface area contributed by atoms with E-state index in [-0.39, 0.29) is 11.9 Å². The van der Waals surface area contributed by atoms with E-state index in [1.165, 1.54) is 5.56 Å². The molecule has 0 aromatic heterocycles. The van der Waals surface area contributed by atoms with Gasteiger partial charge in [0.2, 0.25) is 0 Å². The first-order valence-electron chi connectivity index (χ1n) is 7.18. The fourth-order valence-corrected chi connectivity index (χ4v) is 2.77. The summed E-state index contributed by atoms with van der Waals surface area (Å²) < 4.78 is 11.2. The van der Waals surface area contributed by atoms with E-state index in [0.29, 0.717) is 23.5 Å². The molecule has 0 amide bonds. The number of hydrogen-bond acceptors (Lipinski definition) is 3. The van der Waals surface area contributed by atoms with Gasteiger partial charge in [0.1, 0.15) is 17.6 Å². The zero-order valence-corrected chi connectivity index (χ0v) is 12.3. The zero-order chi connectivity index (χ0) is 14.8. The fraction of sp³-hybridized carbons (Fsp3) is 0.278. The van der Waals surface area contributed by atoms with Crippen LogP contribution in [0.4, 0.5) is 0 Å². The molecule has 3 nitrogen and oxygen atoms in total. The molecule has 108 valence electrons. The molecule has 2 aromatic carbocycles. The molecule has 21 heavy (non-hydrogen) atoms. The largest absolute Gasteiger partial charge is 0.497 e. The molecule has 0 N–H and O–H groups in total. The van der Waals surface area contributed by atoms with Crippen LogP contribution >= 0.6 is 0 Å². The highest BCUT2D eigenvalue weighted by atomic mass is 16.5. The van der Waals surface area contributed by atoms with E-state index in [1.54, 1.807) is 13.2 Å². The molecule has 0 spiro atoms. The van der Waals surface area contributed by atoms with Crippen LogP contribution in [0.25, 0.3) is 0 Å². The van der Waals surface area contributed by atoms with Crippen LogP contribution in [0.5, 0.6) is 11.5 Å². The number of fused-ring (bicyclic) bond motifs is 1. The number of carbonyl (C=O) groups is 1. The summed E-state index contributed by atoms with van der Waals surface area (Å²) >= 11 is 0. The second kappa shape index (κ2) is 5.60. The maximum Gasteiger partial charge on any atom is 0.170 e. The second-order valence-corrected chi connectivity index (χ2v) is 5.15. The molecule has 0 fully saturated rings. The fourth-order valence-electron chi connectivity index (χ4n) is 2.77. The molecule has 0 bridgehead atoms. The van der Waals surface area contributed by atoms with Crippen molar-refractivity contribution in [2.24, 2.45) is 0 Å². The first-order valence-corrected chi connectivity index (χ1v) is 7.18. The average Bonchev–Trinajstić information content (AvgIpc) is 2.54. The molecule has 0 saturated carbocycles. The SMILES string of the molecule is CCc1ccccc1C1CC(=O)c2cc(OC)ccc2O1. The van der Waals surface area contributed by atoms with Crippen LogP contribution in [0.15, 0.2) is 42.5 Å². The summed E-state index contributed by atoms with van der Waals surface area (Å²) in [4.78, 5) is 12.4. The zero-order valence-electron chi connectivity index (χ0n) is 12.3. The van der Waals surface area contributed by atoms with Crippen molar-refractivity contribution in [2.75, 3.05) is 7.11 Å². The van der Waals surface area contributed by atoms with Gasteiger partial charge in [0.05, 0.1) is 19.1 Å². The summed E-state index contributed by atoms with van der Waals surface area (Å²) in [5.74, 6) is 1.42. The van der Waals surface area contributed by atoms with Gasteiger partial charge in [0.25, 0.3) is 0 Å². The van der Waals surface area contributed by atoms with E-state index >= 15 is 0 Å². The van der Waals surface area contributed by atoms with Gasteiger partial charge in [-0.25, -0.2) is 0 Å². The van der Waals surface area contributed by atoms with Crippen molar-refractivity contribution in [3.8, 4) is 11.5 Å². The van der Waals surface area contributed by atoms with Crippen LogP contribution < -0.4 is 9.47 Å². The third kappa shape index (κ3) is 2.51. The second-order valence-electron chi connectivity index (χ2n) is 5.15. The van der Waals surface area contributed by atoms with Gasteiger partial charge in [0, 0.05) is 0 Å². The Morgan fingerprint density at radius 2 is 2.05 bits per heavy atom. The number of aryl methyl sites for hydroxylation is 1. The van der Waals surface area contributed by atoms with Crippen molar-refractivity contribution in [1.82, 2.24) is 0 Å². The Hall–Kier alpha value is -2.29. The van der Waals surface area contributed by atoms with Gasteiger partial charge >= 0.3 is 0 Å². The Labute approximate surface area is 124 Å². The quantitative estimate of drug-likeness (QED) is 0.854. The van der Waals surface area contributed by atoms with Gasteiger partial charge in [-0.15, -0.1) is 0 Å². The lowest BCUT2D eigenvalue weighted by atomic mass is 9.92. The number of ketones is 1. The van der Waals surface area contributed by atoms with Gasteiger partial charge in [-0.2, -0.15) is 0 Å². The minimum atomic E-state index is -0.199. The van der Waals surface area contributed by atoms with Crippen LogP contribution in [-0.4, -0.2) is 12.9 Å². The number of benzene rings is 2. The Bertz CT molecular complexity index is 676. The number of hydrogen-bond donors (Lipinski definition) is 0. The molecule has 2 aromatic rings. The molecule has 1 heterocycles. The maximum atomic E-state index is 12.4. The lowest BCUT2D eigenvalue weighted by Crippen LogP contribution is -2.21. The molecule has 1 aliphatic heterocycles. The smallest absolute Gasteiger partial charge is 0.170 e. The van der Waals surface area contributed by atoms with Gasteiger partial charge in [-0.3, -0.25) is 4.79 Å². The monoisotopic (exact) mass is 282 g/mol. The molecule has 0 aliphatic carbocycles. The maximum absolute atomic E-state index is 12.4. The van der Waals surface area contributed by atoms with E-state index in [4.69, 9.17) is 9.47 Å². The Morgan fingerprint density at radius 1 is 1.24 bits per heavy atom. The number of rotatable bonds is 3. The average molecular weight is 282 g/mol. The van der Waals surface area contributed by atoms with Crippen molar-refractivity contribution >= 4 is 5.78 Å². The molecular formula is C18H18O3. The van der Waals surface area contributed by atoms with Crippen molar-refractivity contribution in [3.63, 3.8) is 0 Å². The molecule has 0 saturated heterocycles. The molecule has 1 unspecified atom stereocenters. The van der Waals surface area contributed by atoms with Crippen LogP contribution in [0.2, 0.25) is 0 Å².